The maximum atomic E-state index is 3.56. The van der Waals surface area contributed by atoms with E-state index in [4.69, 9.17) is 0 Å². The van der Waals surface area contributed by atoms with Crippen molar-refractivity contribution in [2.45, 2.75) is 60.3 Å². The maximum absolute atomic E-state index is 3.56. The van der Waals surface area contributed by atoms with Crippen LogP contribution in [0.15, 0.2) is 72.4 Å². The Morgan fingerprint density at radius 1 is 1.04 bits per heavy atom. The Bertz CT molecular complexity index is 744. The van der Waals surface area contributed by atoms with E-state index >= 15 is 0 Å². The number of rotatable bonds is 5. The van der Waals surface area contributed by atoms with Crippen LogP contribution in [0, 0.1) is 6.92 Å². The number of benzene rings is 2. The molecule has 2 aromatic rings. The second-order valence-corrected chi connectivity index (χ2v) is 6.67. The van der Waals surface area contributed by atoms with Gasteiger partial charge >= 0.3 is 0 Å². The zero-order chi connectivity index (χ0) is 18.8. The maximum Gasteiger partial charge on any atom is 0.00480 e. The minimum Gasteiger partial charge on any atom is -0.0988 e. The van der Waals surface area contributed by atoms with E-state index in [-0.39, 0.29) is 0 Å². The van der Waals surface area contributed by atoms with Crippen LogP contribution in [0.4, 0.5) is 0 Å². The molecule has 0 aliphatic heterocycles. The minimum atomic E-state index is 0.569. The summed E-state index contributed by atoms with van der Waals surface area (Å²) >= 11 is 0. The molecule has 0 fully saturated rings. The lowest BCUT2D eigenvalue weighted by molar-refractivity contribution is 0.682. The van der Waals surface area contributed by atoms with Crippen molar-refractivity contribution in [1.82, 2.24) is 0 Å². The lowest BCUT2D eigenvalue weighted by Gasteiger charge is -2.20. The molecule has 0 aliphatic rings. The van der Waals surface area contributed by atoms with Gasteiger partial charge in [-0.05, 0) is 62.9 Å². The Hall–Kier alpha value is -2.08. The predicted octanol–water partition coefficient (Wildman–Crippen LogP) is 8.14. The monoisotopic (exact) mass is 334 g/mol. The fourth-order valence-electron chi connectivity index (χ4n) is 2.98. The van der Waals surface area contributed by atoms with Crippen LogP contribution in [-0.4, -0.2) is 0 Å². The van der Waals surface area contributed by atoms with E-state index in [2.05, 4.69) is 76.7 Å². The molecule has 1 atom stereocenters. The first-order valence-corrected chi connectivity index (χ1v) is 9.35. The molecule has 25 heavy (non-hydrogen) atoms. The Morgan fingerprint density at radius 2 is 1.64 bits per heavy atom. The summed E-state index contributed by atoms with van der Waals surface area (Å²) < 4.78 is 0. The van der Waals surface area contributed by atoms with Gasteiger partial charge in [-0.2, -0.15) is 0 Å². The van der Waals surface area contributed by atoms with Crippen LogP contribution in [-0.2, 0) is 0 Å². The number of aryl methyl sites for hydroxylation is 1. The Kier molecular flexibility index (Phi) is 8.99. The molecule has 134 valence electrons. The van der Waals surface area contributed by atoms with Crippen molar-refractivity contribution in [2.24, 2.45) is 0 Å². The van der Waals surface area contributed by atoms with Crippen LogP contribution < -0.4 is 0 Å². The molecule has 1 unspecified atom stereocenters. The van der Waals surface area contributed by atoms with E-state index in [1.54, 1.807) is 0 Å². The summed E-state index contributed by atoms with van der Waals surface area (Å²) in [6.07, 6.45) is 8.57. The third-order valence-electron chi connectivity index (χ3n) is 4.87. The lowest BCUT2D eigenvalue weighted by Crippen LogP contribution is -2.03. The van der Waals surface area contributed by atoms with Gasteiger partial charge in [-0.15, -0.1) is 0 Å². The first-order valence-electron chi connectivity index (χ1n) is 9.35. The molecule has 0 heterocycles. The van der Waals surface area contributed by atoms with Crippen molar-refractivity contribution in [3.63, 3.8) is 0 Å². The van der Waals surface area contributed by atoms with Gasteiger partial charge in [0.15, 0.2) is 0 Å². The Morgan fingerprint density at radius 3 is 2.08 bits per heavy atom. The normalized spacial score (nSPS) is 13.2. The van der Waals surface area contributed by atoms with Gasteiger partial charge in [0.2, 0.25) is 0 Å². The molecular weight excluding hydrogens is 300 g/mol. The van der Waals surface area contributed by atoms with Gasteiger partial charge in [-0.25, -0.2) is 0 Å². The number of hydrogen-bond donors (Lipinski definition) is 0. The number of fused-ring (bicyclic) bond motifs is 1. The summed E-state index contributed by atoms with van der Waals surface area (Å²) in [5.41, 5.74) is 5.63. The highest BCUT2D eigenvalue weighted by atomic mass is 14.2. The third kappa shape index (κ3) is 6.05. The Labute approximate surface area is 155 Å². The summed E-state index contributed by atoms with van der Waals surface area (Å²) in [5, 5.41) is 2.70. The topological polar surface area (TPSA) is 0 Å². The summed E-state index contributed by atoms with van der Waals surface area (Å²) in [5.74, 6) is 0.569. The second-order valence-electron chi connectivity index (χ2n) is 6.67. The van der Waals surface area contributed by atoms with Gasteiger partial charge < -0.3 is 0 Å². The molecule has 0 amide bonds. The standard InChI is InChI=1S/C19H24.C6H10/c1-5-9-18(14(3)6-2)19-13-17-11-8-7-10-16(17)12-15(19)4;1-4-6(3)5-2/h6-8,10-13,18H,5,9H2,1-4H3;4-5H,1H2,2-3H3/b14-6-;6-5-. The summed E-state index contributed by atoms with van der Waals surface area (Å²) in [4.78, 5) is 0. The third-order valence-corrected chi connectivity index (χ3v) is 4.87. The summed E-state index contributed by atoms with van der Waals surface area (Å²) in [6.45, 7) is 16.5. The largest absolute Gasteiger partial charge is 0.0988 e. The first kappa shape index (κ1) is 21.0. The van der Waals surface area contributed by atoms with Gasteiger partial charge in [0, 0.05) is 5.92 Å². The fourth-order valence-corrected chi connectivity index (χ4v) is 2.98. The van der Waals surface area contributed by atoms with E-state index in [9.17, 15) is 0 Å². The van der Waals surface area contributed by atoms with E-state index in [0.29, 0.717) is 5.92 Å². The van der Waals surface area contributed by atoms with Crippen LogP contribution in [0.3, 0.4) is 0 Å². The van der Waals surface area contributed by atoms with Crippen LogP contribution in [0.1, 0.15) is 64.5 Å². The van der Waals surface area contributed by atoms with Crippen molar-refractivity contribution in [3.8, 4) is 0 Å². The van der Waals surface area contributed by atoms with Crippen molar-refractivity contribution < 1.29 is 0 Å². The first-order chi connectivity index (χ1) is 12.0. The predicted molar refractivity (Wildman–Crippen MR) is 115 cm³/mol. The number of hydrogen-bond acceptors (Lipinski definition) is 0. The molecule has 0 aromatic heterocycles. The van der Waals surface area contributed by atoms with Gasteiger partial charge in [0.1, 0.15) is 0 Å². The minimum absolute atomic E-state index is 0.569. The fraction of sp³-hybridized carbons (Fsp3) is 0.360. The molecule has 0 saturated carbocycles. The lowest BCUT2D eigenvalue weighted by atomic mass is 9.84. The van der Waals surface area contributed by atoms with E-state index in [1.807, 2.05) is 26.0 Å². The quantitative estimate of drug-likeness (QED) is 0.382. The zero-order valence-corrected chi connectivity index (χ0v) is 16.9. The molecule has 0 N–H and O–H groups in total. The molecule has 0 bridgehead atoms. The van der Waals surface area contributed by atoms with Crippen molar-refractivity contribution in [3.05, 3.63) is 83.5 Å². The highest BCUT2D eigenvalue weighted by Crippen LogP contribution is 2.33. The molecule has 0 nitrogen and oxygen atoms in total. The van der Waals surface area contributed by atoms with Gasteiger partial charge in [-0.1, -0.05) is 85.7 Å². The molecule has 0 saturated heterocycles. The van der Waals surface area contributed by atoms with Crippen molar-refractivity contribution in [1.29, 1.82) is 0 Å². The summed E-state index contributed by atoms with van der Waals surface area (Å²) in [6, 6.07) is 13.4. The molecule has 2 rings (SSSR count). The van der Waals surface area contributed by atoms with E-state index < -0.39 is 0 Å². The summed E-state index contributed by atoms with van der Waals surface area (Å²) in [7, 11) is 0. The van der Waals surface area contributed by atoms with E-state index in [0.717, 1.165) is 0 Å². The zero-order valence-electron chi connectivity index (χ0n) is 16.9. The highest BCUT2D eigenvalue weighted by molar-refractivity contribution is 5.84. The second kappa shape index (κ2) is 10.7. The molecule has 0 radical (unpaired) electrons. The molecule has 0 aliphatic carbocycles. The highest BCUT2D eigenvalue weighted by Gasteiger charge is 2.15. The molecular formula is C25H34. The smallest absolute Gasteiger partial charge is 0.00480 e. The van der Waals surface area contributed by atoms with Crippen LogP contribution in [0.2, 0.25) is 0 Å². The number of allylic oxidation sites excluding steroid dienone is 5. The van der Waals surface area contributed by atoms with Crippen LogP contribution in [0.25, 0.3) is 10.8 Å². The average Bonchev–Trinajstić information content (AvgIpc) is 2.65. The Balaban J connectivity index is 0.000000450. The van der Waals surface area contributed by atoms with Gasteiger partial charge in [0.05, 0.1) is 0 Å². The molecule has 0 heteroatoms. The molecule has 0 spiro atoms. The van der Waals surface area contributed by atoms with Gasteiger partial charge in [-0.3, -0.25) is 0 Å². The average molecular weight is 335 g/mol. The molecule has 2 aromatic carbocycles. The van der Waals surface area contributed by atoms with E-state index in [1.165, 1.54) is 45.9 Å². The van der Waals surface area contributed by atoms with Crippen LogP contribution in [0.5, 0.6) is 0 Å². The van der Waals surface area contributed by atoms with Crippen LogP contribution >= 0.6 is 0 Å². The van der Waals surface area contributed by atoms with Gasteiger partial charge in [0.25, 0.3) is 0 Å². The van der Waals surface area contributed by atoms with Crippen molar-refractivity contribution in [2.75, 3.05) is 0 Å². The SMILES string of the molecule is C/C=C(/C)C(CCC)c1cc2ccccc2cc1C.C=C/C(C)=C\C. The van der Waals surface area contributed by atoms with Crippen molar-refractivity contribution >= 4 is 10.8 Å².